The second kappa shape index (κ2) is 6.29. The van der Waals surface area contributed by atoms with Gasteiger partial charge in [-0.1, -0.05) is 6.07 Å². The summed E-state index contributed by atoms with van der Waals surface area (Å²) < 4.78 is 5.64. The summed E-state index contributed by atoms with van der Waals surface area (Å²) in [4.78, 5) is 8.61. The van der Waals surface area contributed by atoms with Crippen LogP contribution in [0.25, 0.3) is 11.0 Å². The van der Waals surface area contributed by atoms with Crippen molar-refractivity contribution in [1.29, 1.82) is 0 Å². The molecule has 20 heavy (non-hydrogen) atoms. The van der Waals surface area contributed by atoms with Crippen LogP contribution in [0.1, 0.15) is 43.7 Å². The Kier molecular flexibility index (Phi) is 4.23. The molecule has 2 unspecified atom stereocenters. The fourth-order valence-corrected chi connectivity index (χ4v) is 2.82. The Morgan fingerprint density at radius 2 is 2.10 bits per heavy atom. The minimum absolute atomic E-state index is 0.0720. The monoisotopic (exact) mass is 271 g/mol. The first-order valence-electron chi connectivity index (χ1n) is 7.41. The van der Waals surface area contributed by atoms with Gasteiger partial charge in [-0.05, 0) is 49.8 Å². The standard InChI is InChI=1S/C16H21N3O/c17-14(5-1-3-13-4-2-10-20-13)12-6-7-15-16(11-12)19-9-8-18-15/h6-9,11,13-14H,1-5,10,17H2. The first-order valence-corrected chi connectivity index (χ1v) is 7.41. The molecule has 0 aliphatic carbocycles. The zero-order chi connectivity index (χ0) is 13.8. The average molecular weight is 271 g/mol. The van der Waals surface area contributed by atoms with E-state index in [0.717, 1.165) is 42.5 Å². The van der Waals surface area contributed by atoms with Crippen molar-refractivity contribution in [2.45, 2.75) is 44.2 Å². The van der Waals surface area contributed by atoms with Gasteiger partial charge in [0.15, 0.2) is 0 Å². The summed E-state index contributed by atoms with van der Waals surface area (Å²) in [5.41, 5.74) is 9.26. The predicted molar refractivity (Wildman–Crippen MR) is 79.3 cm³/mol. The van der Waals surface area contributed by atoms with Crippen LogP contribution >= 0.6 is 0 Å². The fourth-order valence-electron chi connectivity index (χ4n) is 2.82. The maximum atomic E-state index is 6.28. The predicted octanol–water partition coefficient (Wildman–Crippen LogP) is 2.98. The minimum atomic E-state index is 0.0720. The van der Waals surface area contributed by atoms with Crippen molar-refractivity contribution in [1.82, 2.24) is 9.97 Å². The summed E-state index contributed by atoms with van der Waals surface area (Å²) in [6, 6.07) is 6.19. The summed E-state index contributed by atoms with van der Waals surface area (Å²) in [5.74, 6) is 0. The molecule has 1 fully saturated rings. The minimum Gasteiger partial charge on any atom is -0.378 e. The van der Waals surface area contributed by atoms with E-state index >= 15 is 0 Å². The van der Waals surface area contributed by atoms with E-state index in [1.165, 1.54) is 12.8 Å². The number of nitrogens with two attached hydrogens (primary N) is 1. The van der Waals surface area contributed by atoms with Crippen LogP contribution in [-0.2, 0) is 4.74 Å². The van der Waals surface area contributed by atoms with Gasteiger partial charge < -0.3 is 10.5 Å². The fraction of sp³-hybridized carbons (Fsp3) is 0.500. The quantitative estimate of drug-likeness (QED) is 0.908. The van der Waals surface area contributed by atoms with Crippen molar-refractivity contribution >= 4 is 11.0 Å². The van der Waals surface area contributed by atoms with Crippen LogP contribution in [0.15, 0.2) is 30.6 Å². The van der Waals surface area contributed by atoms with Gasteiger partial charge in [0.25, 0.3) is 0 Å². The third-order valence-corrected chi connectivity index (χ3v) is 3.99. The van der Waals surface area contributed by atoms with Crippen LogP contribution in [-0.4, -0.2) is 22.7 Å². The third-order valence-electron chi connectivity index (χ3n) is 3.99. The number of ether oxygens (including phenoxy) is 1. The Morgan fingerprint density at radius 1 is 1.25 bits per heavy atom. The van der Waals surface area contributed by atoms with Crippen LogP contribution in [0, 0.1) is 0 Å². The smallest absolute Gasteiger partial charge is 0.0890 e. The largest absolute Gasteiger partial charge is 0.378 e. The lowest BCUT2D eigenvalue weighted by atomic mass is 9.99. The lowest BCUT2D eigenvalue weighted by Crippen LogP contribution is -2.12. The third kappa shape index (κ3) is 3.14. The van der Waals surface area contributed by atoms with Gasteiger partial charge >= 0.3 is 0 Å². The first kappa shape index (κ1) is 13.5. The highest BCUT2D eigenvalue weighted by atomic mass is 16.5. The molecule has 2 atom stereocenters. The first-order chi connectivity index (χ1) is 9.83. The second-order valence-electron chi connectivity index (χ2n) is 5.48. The summed E-state index contributed by atoms with van der Waals surface area (Å²) in [7, 11) is 0. The Bertz CT molecular complexity index is 566. The molecule has 0 radical (unpaired) electrons. The van der Waals surface area contributed by atoms with Crippen molar-refractivity contribution in [3.8, 4) is 0 Å². The van der Waals surface area contributed by atoms with E-state index in [0.29, 0.717) is 6.10 Å². The number of aromatic nitrogens is 2. The molecule has 2 N–H and O–H groups in total. The van der Waals surface area contributed by atoms with Gasteiger partial charge in [-0.25, -0.2) is 0 Å². The van der Waals surface area contributed by atoms with Gasteiger partial charge in [0.05, 0.1) is 17.1 Å². The number of rotatable bonds is 5. The average Bonchev–Trinajstić information content (AvgIpc) is 3.00. The van der Waals surface area contributed by atoms with Crippen LogP contribution in [0.5, 0.6) is 0 Å². The topological polar surface area (TPSA) is 61.0 Å². The number of hydrogen-bond donors (Lipinski definition) is 1. The van der Waals surface area contributed by atoms with Crippen LogP contribution in [0.3, 0.4) is 0 Å². The maximum Gasteiger partial charge on any atom is 0.0890 e. The SMILES string of the molecule is NC(CCCC1CCCO1)c1ccc2nccnc2c1. The van der Waals surface area contributed by atoms with E-state index in [9.17, 15) is 0 Å². The normalized spacial score (nSPS) is 20.4. The molecule has 4 heteroatoms. The van der Waals surface area contributed by atoms with Gasteiger partial charge in [-0.2, -0.15) is 0 Å². The summed E-state index contributed by atoms with van der Waals surface area (Å²) in [6.45, 7) is 0.931. The number of nitrogens with zero attached hydrogens (tertiary/aromatic N) is 2. The summed E-state index contributed by atoms with van der Waals surface area (Å²) in [5, 5.41) is 0. The number of hydrogen-bond acceptors (Lipinski definition) is 4. The highest BCUT2D eigenvalue weighted by Crippen LogP contribution is 2.23. The molecule has 1 aromatic heterocycles. The molecule has 0 saturated carbocycles. The van der Waals surface area contributed by atoms with E-state index in [1.807, 2.05) is 6.07 Å². The Labute approximate surface area is 119 Å². The van der Waals surface area contributed by atoms with Crippen molar-refractivity contribution in [2.75, 3.05) is 6.61 Å². The Morgan fingerprint density at radius 3 is 2.90 bits per heavy atom. The van der Waals surface area contributed by atoms with Crippen LogP contribution < -0.4 is 5.73 Å². The molecule has 0 bridgehead atoms. The second-order valence-corrected chi connectivity index (χ2v) is 5.48. The van der Waals surface area contributed by atoms with Crippen molar-refractivity contribution in [3.63, 3.8) is 0 Å². The molecule has 106 valence electrons. The van der Waals surface area contributed by atoms with Crippen LogP contribution in [0.2, 0.25) is 0 Å². The van der Waals surface area contributed by atoms with Gasteiger partial charge in [0.1, 0.15) is 0 Å². The van der Waals surface area contributed by atoms with E-state index < -0.39 is 0 Å². The molecule has 2 aromatic rings. The molecule has 1 saturated heterocycles. The highest BCUT2D eigenvalue weighted by Gasteiger charge is 2.15. The van der Waals surface area contributed by atoms with Crippen molar-refractivity contribution in [3.05, 3.63) is 36.2 Å². The maximum absolute atomic E-state index is 6.28. The molecule has 1 aromatic carbocycles. The molecule has 0 amide bonds. The van der Waals surface area contributed by atoms with Gasteiger partial charge in [0.2, 0.25) is 0 Å². The molecule has 2 heterocycles. The van der Waals surface area contributed by atoms with Gasteiger partial charge in [-0.15, -0.1) is 0 Å². The zero-order valence-corrected chi connectivity index (χ0v) is 11.7. The van der Waals surface area contributed by atoms with Gasteiger partial charge in [-0.3, -0.25) is 9.97 Å². The lowest BCUT2D eigenvalue weighted by molar-refractivity contribution is 0.101. The molecule has 4 nitrogen and oxygen atoms in total. The Balaban J connectivity index is 1.58. The number of benzene rings is 1. The number of fused-ring (bicyclic) bond motifs is 1. The van der Waals surface area contributed by atoms with E-state index in [-0.39, 0.29) is 6.04 Å². The molecule has 1 aliphatic heterocycles. The van der Waals surface area contributed by atoms with Gasteiger partial charge in [0, 0.05) is 25.0 Å². The van der Waals surface area contributed by atoms with Crippen molar-refractivity contribution < 1.29 is 4.74 Å². The Hall–Kier alpha value is -1.52. The molecular formula is C16H21N3O. The van der Waals surface area contributed by atoms with E-state index in [4.69, 9.17) is 10.5 Å². The molecule has 3 rings (SSSR count). The molecule has 1 aliphatic rings. The van der Waals surface area contributed by atoms with Crippen molar-refractivity contribution in [2.24, 2.45) is 5.73 Å². The molecular weight excluding hydrogens is 250 g/mol. The van der Waals surface area contributed by atoms with E-state index in [1.54, 1.807) is 12.4 Å². The summed E-state index contributed by atoms with van der Waals surface area (Å²) >= 11 is 0. The van der Waals surface area contributed by atoms with Crippen LogP contribution in [0.4, 0.5) is 0 Å². The summed E-state index contributed by atoms with van der Waals surface area (Å²) in [6.07, 6.45) is 9.54. The zero-order valence-electron chi connectivity index (χ0n) is 11.7. The van der Waals surface area contributed by atoms with E-state index in [2.05, 4.69) is 22.1 Å². The lowest BCUT2D eigenvalue weighted by Gasteiger charge is -2.14. The molecule has 0 spiro atoms. The highest BCUT2D eigenvalue weighted by molar-refractivity contribution is 5.74.